The molecule has 1 heterocycles. The van der Waals surface area contributed by atoms with Crippen molar-refractivity contribution in [3.63, 3.8) is 0 Å². The maximum Gasteiger partial charge on any atom is 0.0586 e. The molecule has 1 N–H and O–H groups in total. The summed E-state index contributed by atoms with van der Waals surface area (Å²) >= 11 is 5.78. The zero-order valence-electron chi connectivity index (χ0n) is 6.42. The van der Waals surface area contributed by atoms with E-state index in [2.05, 4.69) is 4.98 Å². The van der Waals surface area contributed by atoms with Crippen LogP contribution in [0.5, 0.6) is 0 Å². The molecule has 12 heavy (non-hydrogen) atoms. The third kappa shape index (κ3) is 1.36. The second-order valence-electron chi connectivity index (χ2n) is 2.60. The molecule has 0 atom stereocenters. The molecule has 1 nitrogen and oxygen atoms in total. The molecule has 0 saturated carbocycles. The first-order chi connectivity index (χ1) is 5.86. The van der Waals surface area contributed by atoms with Crippen LogP contribution in [-0.2, 0) is 0 Å². The molecular weight excluding hydrogens is 170 g/mol. The van der Waals surface area contributed by atoms with Crippen LogP contribution in [0.25, 0.3) is 11.3 Å². The minimum absolute atomic E-state index is 0.744. The molecule has 0 saturated heterocycles. The average molecular weight is 178 g/mol. The van der Waals surface area contributed by atoms with Crippen LogP contribution in [-0.4, -0.2) is 4.98 Å². The lowest BCUT2D eigenvalue weighted by Gasteiger charge is -1.94. The molecule has 0 aliphatic heterocycles. The Morgan fingerprint density at radius 3 is 2.42 bits per heavy atom. The largest absolute Gasteiger partial charge is 0.360 e. The summed E-state index contributed by atoms with van der Waals surface area (Å²) < 4.78 is 0. The van der Waals surface area contributed by atoms with E-state index in [9.17, 15) is 0 Å². The Hall–Kier alpha value is -1.21. The summed E-state index contributed by atoms with van der Waals surface area (Å²) in [5.41, 5.74) is 2.21. The van der Waals surface area contributed by atoms with E-state index in [1.54, 1.807) is 6.20 Å². The van der Waals surface area contributed by atoms with Crippen molar-refractivity contribution < 1.29 is 0 Å². The predicted molar refractivity (Wildman–Crippen MR) is 51.2 cm³/mol. The van der Waals surface area contributed by atoms with E-state index in [0.29, 0.717) is 0 Å². The van der Waals surface area contributed by atoms with Crippen molar-refractivity contribution in [2.75, 3.05) is 0 Å². The van der Waals surface area contributed by atoms with Crippen molar-refractivity contribution in [1.29, 1.82) is 0 Å². The van der Waals surface area contributed by atoms with Crippen LogP contribution in [0.2, 0.25) is 5.02 Å². The van der Waals surface area contributed by atoms with Crippen LogP contribution in [0.15, 0.2) is 42.6 Å². The van der Waals surface area contributed by atoms with E-state index in [1.165, 1.54) is 0 Å². The molecule has 0 bridgehead atoms. The Morgan fingerprint density at radius 1 is 1.08 bits per heavy atom. The SMILES string of the molecule is Clc1c[nH]c(-c2ccccc2)c1. The maximum atomic E-state index is 5.78. The first-order valence-corrected chi connectivity index (χ1v) is 4.13. The summed E-state index contributed by atoms with van der Waals surface area (Å²) in [7, 11) is 0. The minimum Gasteiger partial charge on any atom is -0.360 e. The van der Waals surface area contributed by atoms with Gasteiger partial charge in [0.15, 0.2) is 0 Å². The molecule has 0 amide bonds. The summed E-state index contributed by atoms with van der Waals surface area (Å²) in [6.07, 6.45) is 1.78. The van der Waals surface area contributed by atoms with Crippen LogP contribution in [0, 0.1) is 0 Å². The quantitative estimate of drug-likeness (QED) is 0.688. The predicted octanol–water partition coefficient (Wildman–Crippen LogP) is 3.34. The number of halogens is 1. The molecular formula is C10H8ClN. The number of rotatable bonds is 1. The number of H-pyrrole nitrogens is 1. The van der Waals surface area contributed by atoms with Gasteiger partial charge in [-0.05, 0) is 11.6 Å². The lowest BCUT2D eigenvalue weighted by molar-refractivity contribution is 1.40. The maximum absolute atomic E-state index is 5.78. The second kappa shape index (κ2) is 3.03. The number of benzene rings is 1. The van der Waals surface area contributed by atoms with Crippen molar-refractivity contribution in [1.82, 2.24) is 4.98 Å². The highest BCUT2D eigenvalue weighted by Gasteiger charge is 1.97. The number of nitrogens with one attached hydrogen (secondary N) is 1. The molecule has 2 heteroatoms. The van der Waals surface area contributed by atoms with Gasteiger partial charge in [-0.1, -0.05) is 41.9 Å². The minimum atomic E-state index is 0.744. The van der Waals surface area contributed by atoms with Gasteiger partial charge in [0.1, 0.15) is 0 Å². The van der Waals surface area contributed by atoms with Gasteiger partial charge in [-0.3, -0.25) is 0 Å². The van der Waals surface area contributed by atoms with E-state index in [4.69, 9.17) is 11.6 Å². The third-order valence-corrected chi connectivity index (χ3v) is 1.95. The first-order valence-electron chi connectivity index (χ1n) is 3.75. The fourth-order valence-corrected chi connectivity index (χ4v) is 1.32. The number of aromatic nitrogens is 1. The van der Waals surface area contributed by atoms with E-state index in [0.717, 1.165) is 16.3 Å². The standard InChI is InChI=1S/C10H8ClN/c11-9-6-10(12-7-9)8-4-2-1-3-5-8/h1-7,12H. The highest BCUT2D eigenvalue weighted by molar-refractivity contribution is 6.30. The van der Waals surface area contributed by atoms with Gasteiger partial charge in [-0.15, -0.1) is 0 Å². The summed E-state index contributed by atoms with van der Waals surface area (Å²) in [5, 5.41) is 0.744. The lowest BCUT2D eigenvalue weighted by Crippen LogP contribution is -1.73. The molecule has 0 unspecified atom stereocenters. The van der Waals surface area contributed by atoms with Crippen LogP contribution >= 0.6 is 11.6 Å². The Kier molecular flexibility index (Phi) is 1.88. The van der Waals surface area contributed by atoms with Crippen molar-refractivity contribution in [3.8, 4) is 11.3 Å². The molecule has 0 aliphatic carbocycles. The molecule has 2 aromatic rings. The molecule has 0 radical (unpaired) electrons. The number of hydrogen-bond acceptors (Lipinski definition) is 0. The summed E-state index contributed by atoms with van der Waals surface area (Å²) in [4.78, 5) is 3.09. The zero-order valence-corrected chi connectivity index (χ0v) is 7.18. The highest BCUT2D eigenvalue weighted by Crippen LogP contribution is 2.20. The topological polar surface area (TPSA) is 15.8 Å². The van der Waals surface area contributed by atoms with Crippen LogP contribution in [0.3, 0.4) is 0 Å². The Morgan fingerprint density at radius 2 is 1.83 bits per heavy atom. The molecule has 1 aromatic carbocycles. The van der Waals surface area contributed by atoms with Gasteiger partial charge < -0.3 is 4.98 Å². The van der Waals surface area contributed by atoms with Crippen LogP contribution < -0.4 is 0 Å². The van der Waals surface area contributed by atoms with Gasteiger partial charge >= 0.3 is 0 Å². The highest BCUT2D eigenvalue weighted by atomic mass is 35.5. The molecule has 0 fully saturated rings. The fraction of sp³-hybridized carbons (Fsp3) is 0. The van der Waals surface area contributed by atoms with Crippen LogP contribution in [0.4, 0.5) is 0 Å². The van der Waals surface area contributed by atoms with Gasteiger partial charge in [0.05, 0.1) is 5.02 Å². The van der Waals surface area contributed by atoms with Crippen molar-refractivity contribution >= 4 is 11.6 Å². The second-order valence-corrected chi connectivity index (χ2v) is 3.03. The molecule has 0 spiro atoms. The lowest BCUT2D eigenvalue weighted by atomic mass is 10.2. The average Bonchev–Trinajstić information content (AvgIpc) is 2.54. The third-order valence-electron chi connectivity index (χ3n) is 1.73. The van der Waals surface area contributed by atoms with Crippen LogP contribution in [0.1, 0.15) is 0 Å². The summed E-state index contributed by atoms with van der Waals surface area (Å²) in [6.45, 7) is 0. The van der Waals surface area contributed by atoms with E-state index < -0.39 is 0 Å². The molecule has 2 rings (SSSR count). The van der Waals surface area contributed by atoms with Crippen molar-refractivity contribution in [2.45, 2.75) is 0 Å². The number of aromatic amines is 1. The Balaban J connectivity index is 2.45. The van der Waals surface area contributed by atoms with Gasteiger partial charge in [-0.2, -0.15) is 0 Å². The van der Waals surface area contributed by atoms with E-state index in [-0.39, 0.29) is 0 Å². The first kappa shape index (κ1) is 7.44. The number of hydrogen-bond donors (Lipinski definition) is 1. The summed E-state index contributed by atoms with van der Waals surface area (Å²) in [5.74, 6) is 0. The monoisotopic (exact) mass is 177 g/mol. The van der Waals surface area contributed by atoms with Crippen molar-refractivity contribution in [2.24, 2.45) is 0 Å². The Labute approximate surface area is 76.0 Å². The van der Waals surface area contributed by atoms with Gasteiger partial charge in [0.25, 0.3) is 0 Å². The Bertz CT molecular complexity index is 364. The summed E-state index contributed by atoms with van der Waals surface area (Å²) in [6, 6.07) is 12.0. The van der Waals surface area contributed by atoms with Gasteiger partial charge in [0, 0.05) is 11.9 Å². The van der Waals surface area contributed by atoms with E-state index in [1.807, 2.05) is 36.4 Å². The fourth-order valence-electron chi connectivity index (χ4n) is 1.15. The van der Waals surface area contributed by atoms with E-state index >= 15 is 0 Å². The smallest absolute Gasteiger partial charge is 0.0586 e. The van der Waals surface area contributed by atoms with Crippen molar-refractivity contribution in [3.05, 3.63) is 47.6 Å². The molecule has 1 aromatic heterocycles. The molecule has 0 aliphatic rings. The normalized spacial score (nSPS) is 10.1. The van der Waals surface area contributed by atoms with Gasteiger partial charge in [-0.25, -0.2) is 0 Å². The van der Waals surface area contributed by atoms with Gasteiger partial charge in [0.2, 0.25) is 0 Å². The zero-order chi connectivity index (χ0) is 8.39. The molecule has 60 valence electrons.